The minimum absolute atomic E-state index is 0.111. The number of amides is 1. The molecule has 1 aromatic carbocycles. The summed E-state index contributed by atoms with van der Waals surface area (Å²) in [5.41, 5.74) is 10.1. The SMILES string of the molecule is [N-]=[N+]=NC(=O)C[C@@H](c1ccccc1)c1ccnnc1. The van der Waals surface area contributed by atoms with Crippen molar-refractivity contribution in [2.75, 3.05) is 0 Å². The third-order valence-electron chi connectivity index (χ3n) is 2.75. The molecule has 0 unspecified atom stereocenters. The molecule has 0 radical (unpaired) electrons. The van der Waals surface area contributed by atoms with Gasteiger partial charge in [0.15, 0.2) is 0 Å². The standard InChI is InChI=1S/C13H11N5O/c14-18-17-13(19)8-12(10-4-2-1-3-5-10)11-6-7-15-16-9-11/h1-7,9,12H,8H2/t12-/m0/s1. The second-order valence-corrected chi connectivity index (χ2v) is 3.93. The van der Waals surface area contributed by atoms with E-state index < -0.39 is 5.91 Å². The summed E-state index contributed by atoms with van der Waals surface area (Å²) in [6.07, 6.45) is 3.30. The second-order valence-electron chi connectivity index (χ2n) is 3.93. The van der Waals surface area contributed by atoms with E-state index in [1.165, 1.54) is 0 Å². The number of aromatic nitrogens is 2. The van der Waals surface area contributed by atoms with Crippen molar-refractivity contribution in [2.45, 2.75) is 12.3 Å². The molecule has 19 heavy (non-hydrogen) atoms. The average Bonchev–Trinajstić information content (AvgIpc) is 2.47. The lowest BCUT2D eigenvalue weighted by Crippen LogP contribution is -2.07. The number of benzene rings is 1. The Labute approximate surface area is 109 Å². The minimum atomic E-state index is -0.492. The molecule has 0 aliphatic carbocycles. The zero-order chi connectivity index (χ0) is 13.5. The van der Waals surface area contributed by atoms with Gasteiger partial charge in [-0.1, -0.05) is 30.3 Å². The molecule has 0 spiro atoms. The van der Waals surface area contributed by atoms with Crippen molar-refractivity contribution in [2.24, 2.45) is 5.11 Å². The number of azide groups is 1. The van der Waals surface area contributed by atoms with Gasteiger partial charge in [0, 0.05) is 23.4 Å². The fourth-order valence-electron chi connectivity index (χ4n) is 1.89. The van der Waals surface area contributed by atoms with E-state index in [0.717, 1.165) is 11.1 Å². The van der Waals surface area contributed by atoms with Crippen molar-refractivity contribution < 1.29 is 4.79 Å². The summed E-state index contributed by atoms with van der Waals surface area (Å²) in [6, 6.07) is 11.3. The molecule has 6 heteroatoms. The quantitative estimate of drug-likeness (QED) is 0.476. The topological polar surface area (TPSA) is 91.6 Å². The minimum Gasteiger partial charge on any atom is -0.293 e. The molecule has 1 aromatic heterocycles. The van der Waals surface area contributed by atoms with Gasteiger partial charge in [-0.3, -0.25) is 4.79 Å². The van der Waals surface area contributed by atoms with E-state index in [0.29, 0.717) is 0 Å². The third-order valence-corrected chi connectivity index (χ3v) is 2.75. The molecule has 0 saturated heterocycles. The third kappa shape index (κ3) is 3.37. The number of rotatable bonds is 4. The van der Waals surface area contributed by atoms with Crippen LogP contribution in [-0.2, 0) is 4.79 Å². The number of carbonyl (C=O) groups excluding carboxylic acids is 1. The lowest BCUT2D eigenvalue weighted by atomic mass is 9.89. The predicted molar refractivity (Wildman–Crippen MR) is 69.1 cm³/mol. The molecule has 1 atom stereocenters. The van der Waals surface area contributed by atoms with Gasteiger partial charge in [-0.25, -0.2) is 0 Å². The van der Waals surface area contributed by atoms with Crippen molar-refractivity contribution in [3.8, 4) is 0 Å². The van der Waals surface area contributed by atoms with E-state index in [9.17, 15) is 4.79 Å². The molecular weight excluding hydrogens is 242 g/mol. The van der Waals surface area contributed by atoms with Crippen LogP contribution >= 0.6 is 0 Å². The first-order valence-corrected chi connectivity index (χ1v) is 5.70. The van der Waals surface area contributed by atoms with Crippen LogP contribution < -0.4 is 0 Å². The monoisotopic (exact) mass is 253 g/mol. The molecule has 1 amide bonds. The van der Waals surface area contributed by atoms with Crippen molar-refractivity contribution >= 4 is 5.91 Å². The van der Waals surface area contributed by atoms with Gasteiger partial charge in [0.1, 0.15) is 0 Å². The van der Waals surface area contributed by atoms with Gasteiger partial charge in [0.25, 0.3) is 0 Å². The summed E-state index contributed by atoms with van der Waals surface area (Å²) in [4.78, 5) is 14.1. The average molecular weight is 253 g/mol. The molecule has 0 aliphatic rings. The summed E-state index contributed by atoms with van der Waals surface area (Å²) < 4.78 is 0. The van der Waals surface area contributed by atoms with E-state index in [1.807, 2.05) is 30.3 Å². The lowest BCUT2D eigenvalue weighted by molar-refractivity contribution is -0.118. The molecule has 0 bridgehead atoms. The Morgan fingerprint density at radius 1 is 1.21 bits per heavy atom. The molecule has 0 aliphatic heterocycles. The van der Waals surface area contributed by atoms with Gasteiger partial charge in [0.05, 0.1) is 6.20 Å². The Bertz CT molecular complexity index is 553. The van der Waals surface area contributed by atoms with Crippen LogP contribution in [-0.4, -0.2) is 16.1 Å². The number of carbonyl (C=O) groups is 1. The zero-order valence-corrected chi connectivity index (χ0v) is 10.0. The van der Waals surface area contributed by atoms with Crippen LogP contribution in [0.15, 0.2) is 53.9 Å². The number of hydrogen-bond donors (Lipinski definition) is 0. The predicted octanol–water partition coefficient (Wildman–Crippen LogP) is 2.84. The van der Waals surface area contributed by atoms with Crippen molar-refractivity contribution in [1.82, 2.24) is 10.2 Å². The highest BCUT2D eigenvalue weighted by molar-refractivity contribution is 5.78. The first-order valence-electron chi connectivity index (χ1n) is 5.70. The number of nitrogens with zero attached hydrogens (tertiary/aromatic N) is 5. The smallest absolute Gasteiger partial charge is 0.219 e. The zero-order valence-electron chi connectivity index (χ0n) is 10.0. The molecule has 2 aromatic rings. The van der Waals surface area contributed by atoms with Crippen LogP contribution in [0.3, 0.4) is 0 Å². The Balaban J connectivity index is 2.34. The van der Waals surface area contributed by atoms with E-state index in [2.05, 4.69) is 20.2 Å². The van der Waals surface area contributed by atoms with Crippen LogP contribution in [0.1, 0.15) is 23.5 Å². The van der Waals surface area contributed by atoms with Gasteiger partial charge < -0.3 is 0 Å². The van der Waals surface area contributed by atoms with Gasteiger partial charge in [0.2, 0.25) is 5.91 Å². The summed E-state index contributed by atoms with van der Waals surface area (Å²) in [5, 5.41) is 10.7. The van der Waals surface area contributed by atoms with Gasteiger partial charge in [-0.2, -0.15) is 10.2 Å². The molecule has 0 N–H and O–H groups in total. The maximum absolute atomic E-state index is 11.5. The van der Waals surface area contributed by atoms with Gasteiger partial charge in [-0.05, 0) is 27.8 Å². The highest BCUT2D eigenvalue weighted by Crippen LogP contribution is 2.27. The van der Waals surface area contributed by atoms with Crippen LogP contribution in [0.4, 0.5) is 0 Å². The summed E-state index contributed by atoms with van der Waals surface area (Å²) in [6.45, 7) is 0. The largest absolute Gasteiger partial charge is 0.293 e. The fraction of sp³-hybridized carbons (Fsp3) is 0.154. The lowest BCUT2D eigenvalue weighted by Gasteiger charge is -2.15. The first kappa shape index (κ1) is 12.7. The van der Waals surface area contributed by atoms with E-state index in [4.69, 9.17) is 5.53 Å². The maximum atomic E-state index is 11.5. The van der Waals surface area contributed by atoms with E-state index >= 15 is 0 Å². The summed E-state index contributed by atoms with van der Waals surface area (Å²) >= 11 is 0. The van der Waals surface area contributed by atoms with Crippen molar-refractivity contribution in [3.05, 3.63) is 70.4 Å². The second kappa shape index (κ2) is 6.28. The Kier molecular flexibility index (Phi) is 4.21. The van der Waals surface area contributed by atoms with E-state index in [1.54, 1.807) is 18.5 Å². The van der Waals surface area contributed by atoms with Crippen LogP contribution in [0.2, 0.25) is 0 Å². The molecule has 0 fully saturated rings. The molecule has 2 rings (SSSR count). The molecule has 1 heterocycles. The molecular formula is C13H11N5O. The maximum Gasteiger partial charge on any atom is 0.219 e. The van der Waals surface area contributed by atoms with Gasteiger partial charge in [-0.15, -0.1) is 0 Å². The molecule has 0 saturated carbocycles. The van der Waals surface area contributed by atoms with Crippen LogP contribution in [0, 0.1) is 0 Å². The highest BCUT2D eigenvalue weighted by Gasteiger charge is 2.17. The Morgan fingerprint density at radius 3 is 2.63 bits per heavy atom. The molecule has 6 nitrogen and oxygen atoms in total. The fourth-order valence-corrected chi connectivity index (χ4v) is 1.89. The Hall–Kier alpha value is -2.72. The number of hydrogen-bond acceptors (Lipinski definition) is 3. The van der Waals surface area contributed by atoms with Gasteiger partial charge >= 0.3 is 0 Å². The molecule has 94 valence electrons. The first-order chi connectivity index (χ1) is 9.31. The summed E-state index contributed by atoms with van der Waals surface area (Å²) in [5.74, 6) is -0.678. The Morgan fingerprint density at radius 2 is 2.00 bits per heavy atom. The van der Waals surface area contributed by atoms with Crippen molar-refractivity contribution in [1.29, 1.82) is 0 Å². The highest BCUT2D eigenvalue weighted by atomic mass is 16.1. The van der Waals surface area contributed by atoms with Crippen molar-refractivity contribution in [3.63, 3.8) is 0 Å². The normalized spacial score (nSPS) is 11.4. The van der Waals surface area contributed by atoms with E-state index in [-0.39, 0.29) is 12.3 Å². The van der Waals surface area contributed by atoms with Crippen LogP contribution in [0.25, 0.3) is 10.4 Å². The summed E-state index contributed by atoms with van der Waals surface area (Å²) in [7, 11) is 0. The van der Waals surface area contributed by atoms with Crippen LogP contribution in [0.5, 0.6) is 0 Å².